The van der Waals surface area contributed by atoms with E-state index >= 15 is 0 Å². The average Bonchev–Trinajstić information content (AvgIpc) is 2.60. The first-order valence-corrected chi connectivity index (χ1v) is 9.28. The third kappa shape index (κ3) is 2.53. The van der Waals surface area contributed by atoms with Gasteiger partial charge in [-0.1, -0.05) is 18.2 Å². The van der Waals surface area contributed by atoms with E-state index in [9.17, 15) is 5.11 Å². The van der Waals surface area contributed by atoms with Crippen LogP contribution in [0.25, 0.3) is 10.9 Å². The fraction of sp³-hybridized carbons (Fsp3) is 0.318. The number of nitrogens with two attached hydrogens (primary N) is 1. The minimum Gasteiger partial charge on any atom is -0.508 e. The molecule has 0 bridgehead atoms. The molecule has 0 radical (unpaired) electrons. The van der Waals surface area contributed by atoms with E-state index in [4.69, 9.17) is 10.7 Å². The molecule has 5 rings (SSSR count). The number of pyridine rings is 1. The van der Waals surface area contributed by atoms with Crippen molar-refractivity contribution in [2.24, 2.45) is 11.1 Å². The van der Waals surface area contributed by atoms with Gasteiger partial charge in [0.15, 0.2) is 0 Å². The highest BCUT2D eigenvalue weighted by atomic mass is 16.3. The molecule has 4 nitrogen and oxygen atoms in total. The van der Waals surface area contributed by atoms with E-state index in [1.165, 1.54) is 18.4 Å². The van der Waals surface area contributed by atoms with Gasteiger partial charge in [-0.05, 0) is 66.3 Å². The van der Waals surface area contributed by atoms with Crippen molar-refractivity contribution in [3.8, 4) is 5.75 Å². The molecule has 2 heterocycles. The van der Waals surface area contributed by atoms with E-state index in [0.717, 1.165) is 35.4 Å². The van der Waals surface area contributed by atoms with E-state index in [1.807, 2.05) is 0 Å². The number of nitrogens with zero attached hydrogens (tertiary/aromatic N) is 2. The Morgan fingerprint density at radius 3 is 2.54 bits per heavy atom. The molecular weight excluding hydrogens is 322 g/mol. The standard InChI is InChI=1S/C22H23N3O/c23-12-15-1-7-20-17(9-15)4-8-21(24-20)25-13-22(14-25)10-18(11-22)16-2-5-19(26)6-3-16/h1-9,18,26H,10-14,23H2. The maximum atomic E-state index is 9.43. The summed E-state index contributed by atoms with van der Waals surface area (Å²) in [6.07, 6.45) is 2.48. The van der Waals surface area contributed by atoms with Gasteiger partial charge in [0, 0.05) is 30.4 Å². The molecule has 2 aromatic carbocycles. The molecule has 1 saturated heterocycles. The normalized spacial score (nSPS) is 18.7. The van der Waals surface area contributed by atoms with Gasteiger partial charge < -0.3 is 15.7 Å². The minimum atomic E-state index is 0.346. The van der Waals surface area contributed by atoms with Crippen LogP contribution in [0.1, 0.15) is 29.9 Å². The van der Waals surface area contributed by atoms with Crippen LogP contribution in [0.15, 0.2) is 54.6 Å². The molecule has 132 valence electrons. The quantitative estimate of drug-likeness (QED) is 0.758. The Hall–Kier alpha value is -2.59. The van der Waals surface area contributed by atoms with Gasteiger partial charge in [0.2, 0.25) is 0 Å². The van der Waals surface area contributed by atoms with E-state index < -0.39 is 0 Å². The second kappa shape index (κ2) is 5.71. The van der Waals surface area contributed by atoms with Crippen LogP contribution in [0.2, 0.25) is 0 Å². The van der Waals surface area contributed by atoms with Crippen molar-refractivity contribution in [2.45, 2.75) is 25.3 Å². The second-order valence-corrected chi connectivity index (χ2v) is 7.95. The summed E-state index contributed by atoms with van der Waals surface area (Å²) in [5, 5.41) is 10.6. The fourth-order valence-electron chi connectivity index (χ4n) is 4.62. The molecule has 1 aliphatic carbocycles. The molecule has 0 unspecified atom stereocenters. The maximum Gasteiger partial charge on any atom is 0.129 e. The first-order valence-electron chi connectivity index (χ1n) is 9.28. The third-order valence-electron chi connectivity index (χ3n) is 6.07. The smallest absolute Gasteiger partial charge is 0.129 e. The summed E-state index contributed by atoms with van der Waals surface area (Å²) in [6.45, 7) is 2.76. The predicted octanol–water partition coefficient (Wildman–Crippen LogP) is 3.78. The molecule has 4 heteroatoms. The van der Waals surface area contributed by atoms with Crippen molar-refractivity contribution in [1.29, 1.82) is 0 Å². The largest absolute Gasteiger partial charge is 0.508 e. The zero-order valence-electron chi connectivity index (χ0n) is 14.7. The number of aromatic nitrogens is 1. The summed E-state index contributed by atoms with van der Waals surface area (Å²) in [6, 6.07) is 18.2. The molecular formula is C22H23N3O. The van der Waals surface area contributed by atoms with Crippen molar-refractivity contribution in [1.82, 2.24) is 4.98 Å². The number of benzene rings is 2. The summed E-state index contributed by atoms with van der Waals surface area (Å²) >= 11 is 0. The molecule has 3 N–H and O–H groups in total. The molecule has 2 fully saturated rings. The first kappa shape index (κ1) is 15.6. The minimum absolute atomic E-state index is 0.346. The van der Waals surface area contributed by atoms with Crippen molar-refractivity contribution in [3.63, 3.8) is 0 Å². The summed E-state index contributed by atoms with van der Waals surface area (Å²) < 4.78 is 0. The van der Waals surface area contributed by atoms with E-state index in [0.29, 0.717) is 23.6 Å². The fourth-order valence-corrected chi connectivity index (χ4v) is 4.62. The Kier molecular flexibility index (Phi) is 3.44. The lowest BCUT2D eigenvalue weighted by atomic mass is 9.56. The monoisotopic (exact) mass is 345 g/mol. The number of hydrogen-bond acceptors (Lipinski definition) is 4. The molecule has 26 heavy (non-hydrogen) atoms. The van der Waals surface area contributed by atoms with Crippen LogP contribution in [0, 0.1) is 5.41 Å². The lowest BCUT2D eigenvalue weighted by Crippen LogP contribution is -2.62. The van der Waals surface area contributed by atoms with Gasteiger partial charge in [0.05, 0.1) is 5.52 Å². The topological polar surface area (TPSA) is 62.4 Å². The van der Waals surface area contributed by atoms with Crippen LogP contribution in [0.5, 0.6) is 5.75 Å². The van der Waals surface area contributed by atoms with Crippen LogP contribution < -0.4 is 10.6 Å². The van der Waals surface area contributed by atoms with Gasteiger partial charge in [-0.2, -0.15) is 0 Å². The zero-order chi connectivity index (χ0) is 17.7. The molecule has 1 spiro atoms. The van der Waals surface area contributed by atoms with Crippen molar-refractivity contribution in [2.75, 3.05) is 18.0 Å². The molecule has 0 atom stereocenters. The molecule has 3 aromatic rings. The highest BCUT2D eigenvalue weighted by Crippen LogP contribution is 2.56. The van der Waals surface area contributed by atoms with E-state index in [2.05, 4.69) is 47.4 Å². The van der Waals surface area contributed by atoms with Gasteiger partial charge >= 0.3 is 0 Å². The number of phenolic OH excluding ortho intramolecular Hbond substituents is 1. The molecule has 0 amide bonds. The summed E-state index contributed by atoms with van der Waals surface area (Å²) in [5.41, 5.74) is 9.72. The SMILES string of the molecule is NCc1ccc2nc(N3CC4(CC(c5ccc(O)cc5)C4)C3)ccc2c1. The van der Waals surface area contributed by atoms with Crippen molar-refractivity contribution >= 4 is 16.7 Å². The number of rotatable bonds is 3. The third-order valence-corrected chi connectivity index (χ3v) is 6.07. The Bertz CT molecular complexity index is 953. The highest BCUT2D eigenvalue weighted by molar-refractivity contribution is 5.81. The van der Waals surface area contributed by atoms with Gasteiger partial charge in [-0.25, -0.2) is 4.98 Å². The lowest BCUT2D eigenvalue weighted by molar-refractivity contribution is 0.0628. The predicted molar refractivity (Wildman–Crippen MR) is 104 cm³/mol. The van der Waals surface area contributed by atoms with Gasteiger partial charge in [-0.15, -0.1) is 0 Å². The number of anilines is 1. The number of hydrogen-bond donors (Lipinski definition) is 2. The maximum absolute atomic E-state index is 9.43. The lowest BCUT2D eigenvalue weighted by Gasteiger charge is -2.59. The van der Waals surface area contributed by atoms with Gasteiger partial charge in [-0.3, -0.25) is 0 Å². The van der Waals surface area contributed by atoms with Crippen molar-refractivity contribution in [3.05, 3.63) is 65.7 Å². The number of phenols is 1. The molecule has 1 aliphatic heterocycles. The molecule has 1 aromatic heterocycles. The van der Waals surface area contributed by atoms with Crippen molar-refractivity contribution < 1.29 is 5.11 Å². The molecule has 2 aliphatic rings. The first-order chi connectivity index (χ1) is 12.6. The van der Waals surface area contributed by atoms with Crippen LogP contribution in [0.4, 0.5) is 5.82 Å². The van der Waals surface area contributed by atoms with E-state index in [1.54, 1.807) is 12.1 Å². The summed E-state index contributed by atoms with van der Waals surface area (Å²) in [5.74, 6) is 2.06. The van der Waals surface area contributed by atoms with Gasteiger partial charge in [0.1, 0.15) is 11.6 Å². The average molecular weight is 345 g/mol. The van der Waals surface area contributed by atoms with Gasteiger partial charge in [0.25, 0.3) is 0 Å². The van der Waals surface area contributed by atoms with E-state index in [-0.39, 0.29) is 0 Å². The summed E-state index contributed by atoms with van der Waals surface area (Å²) in [7, 11) is 0. The second-order valence-electron chi connectivity index (χ2n) is 7.95. The van der Waals surface area contributed by atoms with Crippen LogP contribution in [-0.2, 0) is 6.54 Å². The Labute approximate surface area is 153 Å². The Morgan fingerprint density at radius 1 is 1.04 bits per heavy atom. The number of aromatic hydroxyl groups is 1. The van der Waals surface area contributed by atoms with Crippen LogP contribution >= 0.6 is 0 Å². The van der Waals surface area contributed by atoms with Crippen LogP contribution in [-0.4, -0.2) is 23.2 Å². The highest BCUT2D eigenvalue weighted by Gasteiger charge is 2.52. The van der Waals surface area contributed by atoms with Crippen LogP contribution in [0.3, 0.4) is 0 Å². The Balaban J connectivity index is 1.26. The summed E-state index contributed by atoms with van der Waals surface area (Å²) in [4.78, 5) is 7.23. The number of fused-ring (bicyclic) bond motifs is 1. The molecule has 1 saturated carbocycles. The zero-order valence-corrected chi connectivity index (χ0v) is 14.7. The Morgan fingerprint density at radius 2 is 1.81 bits per heavy atom.